The molecule has 0 saturated carbocycles. The van der Waals surface area contributed by atoms with Crippen molar-refractivity contribution in [3.8, 4) is 0 Å². The third-order valence-electron chi connectivity index (χ3n) is 5.00. The van der Waals surface area contributed by atoms with E-state index in [0.29, 0.717) is 11.7 Å². The molecule has 0 fully saturated rings. The van der Waals surface area contributed by atoms with Crippen molar-refractivity contribution in [2.24, 2.45) is 4.99 Å². The second-order valence-corrected chi connectivity index (χ2v) is 7.01. The highest BCUT2D eigenvalue weighted by atomic mass is 19.4. The molecule has 0 saturated heterocycles. The predicted molar refractivity (Wildman–Crippen MR) is 102 cm³/mol. The maximum Gasteiger partial charge on any atom is 0.470 e. The Kier molecular flexibility index (Phi) is 4.34. The molecule has 30 heavy (non-hydrogen) atoms. The summed E-state index contributed by atoms with van der Waals surface area (Å²) < 4.78 is 48.0. The molecule has 154 valence electrons. The summed E-state index contributed by atoms with van der Waals surface area (Å²) in [4.78, 5) is 4.72. The number of halogens is 3. The maximum absolute atomic E-state index is 12.6. The summed E-state index contributed by atoms with van der Waals surface area (Å²) in [7, 11) is 0. The molecule has 1 aliphatic heterocycles. The van der Waals surface area contributed by atoms with Gasteiger partial charge in [-0.2, -0.15) is 13.2 Å². The van der Waals surface area contributed by atoms with Gasteiger partial charge in [0.05, 0.1) is 6.04 Å². The molecular formula is C20H16F3N5O2. The Morgan fingerprint density at radius 3 is 2.80 bits per heavy atom. The van der Waals surface area contributed by atoms with Gasteiger partial charge in [-0.05, 0) is 42.2 Å². The monoisotopic (exact) mass is 415 g/mol. The van der Waals surface area contributed by atoms with E-state index in [1.54, 1.807) is 18.2 Å². The zero-order valence-corrected chi connectivity index (χ0v) is 15.5. The Morgan fingerprint density at radius 1 is 1.10 bits per heavy atom. The summed E-state index contributed by atoms with van der Waals surface area (Å²) in [6.45, 7) is 0.280. The van der Waals surface area contributed by atoms with Gasteiger partial charge in [0.1, 0.15) is 6.61 Å². The van der Waals surface area contributed by atoms with E-state index < -0.39 is 12.1 Å². The number of hydrogen-bond acceptors (Lipinski definition) is 6. The van der Waals surface area contributed by atoms with E-state index in [4.69, 9.17) is 9.73 Å². The van der Waals surface area contributed by atoms with Crippen molar-refractivity contribution in [3.05, 3.63) is 65.0 Å². The Bertz CT molecular complexity index is 1130. The minimum absolute atomic E-state index is 0.0616. The van der Waals surface area contributed by atoms with Gasteiger partial charge in [0.25, 0.3) is 6.02 Å². The maximum atomic E-state index is 12.6. The van der Waals surface area contributed by atoms with Crippen LogP contribution in [0.4, 0.5) is 30.6 Å². The number of aliphatic imine (C=N–C) groups is 1. The number of hydrogen-bond donors (Lipinski definition) is 2. The molecule has 5 rings (SSSR count). The SMILES string of the molecule is FC(F)(F)c1nnc(Nc2ccc3c(c2)COC(=NC2CCc4ccccc42)N3)o1. The minimum Gasteiger partial charge on any atom is -0.460 e. The van der Waals surface area contributed by atoms with E-state index in [1.165, 1.54) is 11.1 Å². The van der Waals surface area contributed by atoms with Gasteiger partial charge >= 0.3 is 18.1 Å². The molecule has 3 aromatic rings. The van der Waals surface area contributed by atoms with Gasteiger partial charge < -0.3 is 19.8 Å². The molecule has 2 aromatic carbocycles. The molecule has 1 unspecified atom stereocenters. The molecule has 1 aliphatic carbocycles. The van der Waals surface area contributed by atoms with Crippen molar-refractivity contribution >= 4 is 23.4 Å². The molecule has 0 spiro atoms. The van der Waals surface area contributed by atoms with Gasteiger partial charge in [0.2, 0.25) is 0 Å². The Morgan fingerprint density at radius 2 is 1.97 bits per heavy atom. The van der Waals surface area contributed by atoms with Crippen LogP contribution in [0, 0.1) is 0 Å². The number of amidine groups is 1. The molecular weight excluding hydrogens is 399 g/mol. The van der Waals surface area contributed by atoms with Crippen LogP contribution < -0.4 is 10.6 Å². The van der Waals surface area contributed by atoms with E-state index in [9.17, 15) is 13.2 Å². The number of rotatable bonds is 3. The van der Waals surface area contributed by atoms with Crippen LogP contribution in [0.25, 0.3) is 0 Å². The number of ether oxygens (including phenoxy) is 1. The second kappa shape index (κ2) is 7.05. The lowest BCUT2D eigenvalue weighted by atomic mass is 10.1. The van der Waals surface area contributed by atoms with E-state index in [0.717, 1.165) is 24.1 Å². The Labute approximate surface area is 169 Å². The first-order valence-electron chi connectivity index (χ1n) is 9.32. The highest BCUT2D eigenvalue weighted by Crippen LogP contribution is 2.35. The zero-order chi connectivity index (χ0) is 20.7. The van der Waals surface area contributed by atoms with Crippen LogP contribution in [-0.2, 0) is 23.9 Å². The largest absolute Gasteiger partial charge is 0.470 e. The summed E-state index contributed by atoms with van der Waals surface area (Å²) in [5.41, 5.74) is 4.67. The molecule has 2 N–H and O–H groups in total. The van der Waals surface area contributed by atoms with Crippen molar-refractivity contribution < 1.29 is 22.3 Å². The van der Waals surface area contributed by atoms with Crippen molar-refractivity contribution in [3.63, 3.8) is 0 Å². The van der Waals surface area contributed by atoms with Gasteiger partial charge in [0.15, 0.2) is 0 Å². The van der Waals surface area contributed by atoms with Crippen LogP contribution in [-0.4, -0.2) is 16.2 Å². The van der Waals surface area contributed by atoms with E-state index in [-0.39, 0.29) is 18.7 Å². The summed E-state index contributed by atoms with van der Waals surface area (Å²) in [6.07, 6.45) is -2.75. The third-order valence-corrected chi connectivity index (χ3v) is 5.00. The smallest absolute Gasteiger partial charge is 0.460 e. The Balaban J connectivity index is 1.30. The lowest BCUT2D eigenvalue weighted by molar-refractivity contribution is -0.156. The van der Waals surface area contributed by atoms with Crippen LogP contribution in [0.15, 0.2) is 51.9 Å². The van der Waals surface area contributed by atoms with E-state index >= 15 is 0 Å². The summed E-state index contributed by atoms with van der Waals surface area (Å²) in [5, 5.41) is 12.2. The van der Waals surface area contributed by atoms with Crippen LogP contribution in [0.1, 0.15) is 35.0 Å². The average Bonchev–Trinajstić information content (AvgIpc) is 3.36. The van der Waals surface area contributed by atoms with Gasteiger partial charge in [-0.3, -0.25) is 0 Å². The van der Waals surface area contributed by atoms with Crippen molar-refractivity contribution in [1.82, 2.24) is 10.2 Å². The summed E-state index contributed by atoms with van der Waals surface area (Å²) >= 11 is 0. The van der Waals surface area contributed by atoms with Crippen LogP contribution >= 0.6 is 0 Å². The number of nitrogens with zero attached hydrogens (tertiary/aromatic N) is 3. The standard InChI is InChI=1S/C20H16F3N5O2/c21-20(22,23)17-27-28-19(30-17)24-13-6-8-15-12(9-13)10-29-18(25-15)26-16-7-5-11-3-1-2-4-14(11)16/h1-4,6,8-9,16H,5,7,10H2,(H,24,28)(H,25,26). The topological polar surface area (TPSA) is 84.6 Å². The highest BCUT2D eigenvalue weighted by molar-refractivity contribution is 5.92. The molecule has 0 amide bonds. The van der Waals surface area contributed by atoms with Gasteiger partial charge in [-0.1, -0.05) is 29.4 Å². The number of benzene rings is 2. The zero-order valence-electron chi connectivity index (χ0n) is 15.5. The van der Waals surface area contributed by atoms with Crippen molar-refractivity contribution in [2.45, 2.75) is 31.7 Å². The Hall–Kier alpha value is -3.56. The van der Waals surface area contributed by atoms with Crippen molar-refractivity contribution in [2.75, 3.05) is 10.6 Å². The fourth-order valence-electron chi connectivity index (χ4n) is 3.60. The van der Waals surface area contributed by atoms with Gasteiger partial charge in [-0.15, -0.1) is 5.10 Å². The van der Waals surface area contributed by atoms with E-state index in [1.807, 2.05) is 12.1 Å². The van der Waals surface area contributed by atoms with Crippen LogP contribution in [0.5, 0.6) is 0 Å². The first-order chi connectivity index (χ1) is 14.5. The quantitative estimate of drug-likeness (QED) is 0.638. The first-order valence-corrected chi connectivity index (χ1v) is 9.32. The summed E-state index contributed by atoms with van der Waals surface area (Å²) in [5.74, 6) is -1.40. The molecule has 1 aromatic heterocycles. The number of fused-ring (bicyclic) bond motifs is 2. The van der Waals surface area contributed by atoms with Crippen LogP contribution in [0.3, 0.4) is 0 Å². The molecule has 0 bridgehead atoms. The lowest BCUT2D eigenvalue weighted by Gasteiger charge is -2.22. The number of nitrogens with one attached hydrogen (secondary N) is 2. The number of alkyl halides is 3. The number of anilines is 3. The molecule has 0 radical (unpaired) electrons. The lowest BCUT2D eigenvalue weighted by Crippen LogP contribution is -2.23. The van der Waals surface area contributed by atoms with Gasteiger partial charge in [0, 0.05) is 16.9 Å². The molecule has 2 aliphatic rings. The normalized spacial score (nSPS) is 19.0. The predicted octanol–water partition coefficient (Wildman–Crippen LogP) is 4.82. The minimum atomic E-state index is -4.68. The average molecular weight is 415 g/mol. The third kappa shape index (κ3) is 3.56. The molecule has 7 nitrogen and oxygen atoms in total. The molecule has 1 atom stereocenters. The molecule has 2 heterocycles. The first kappa shape index (κ1) is 18.5. The number of aryl methyl sites for hydroxylation is 1. The number of aromatic nitrogens is 2. The van der Waals surface area contributed by atoms with E-state index in [2.05, 4.69) is 37.4 Å². The summed E-state index contributed by atoms with van der Waals surface area (Å²) in [6, 6.07) is 13.7. The van der Waals surface area contributed by atoms with Crippen LogP contribution in [0.2, 0.25) is 0 Å². The fraction of sp³-hybridized carbons (Fsp3) is 0.250. The highest BCUT2D eigenvalue weighted by Gasteiger charge is 2.38. The second-order valence-electron chi connectivity index (χ2n) is 7.01. The molecule has 10 heteroatoms. The fourth-order valence-corrected chi connectivity index (χ4v) is 3.60. The van der Waals surface area contributed by atoms with Gasteiger partial charge in [-0.25, -0.2) is 4.99 Å². The van der Waals surface area contributed by atoms with Crippen molar-refractivity contribution in [1.29, 1.82) is 0 Å².